The molecule has 0 heterocycles. The first-order valence-electron chi connectivity index (χ1n) is 6.68. The number of ether oxygens (including phenoxy) is 1. The summed E-state index contributed by atoms with van der Waals surface area (Å²) in [6.45, 7) is 4.02. The lowest BCUT2D eigenvalue weighted by molar-refractivity contribution is 0.141. The van der Waals surface area contributed by atoms with Gasteiger partial charge in [-0.1, -0.05) is 50.6 Å². The lowest BCUT2D eigenvalue weighted by atomic mass is 10.2. The Balaban J connectivity index is 2.31. The average molecular weight is 299 g/mol. The van der Waals surface area contributed by atoms with E-state index in [1.165, 1.54) is 0 Å². The normalized spacial score (nSPS) is 15.2. The van der Waals surface area contributed by atoms with E-state index in [2.05, 4.69) is 5.32 Å². The van der Waals surface area contributed by atoms with Crippen molar-refractivity contribution in [1.82, 2.24) is 5.32 Å². The van der Waals surface area contributed by atoms with Gasteiger partial charge in [-0.15, -0.1) is 0 Å². The smallest absolute Gasteiger partial charge is 0.407 e. The summed E-state index contributed by atoms with van der Waals surface area (Å²) in [5.41, 5.74) is 0.870. The summed E-state index contributed by atoms with van der Waals surface area (Å²) in [6.07, 6.45) is 0.128. The molecular weight excluding hydrogens is 277 g/mol. The molecule has 2 atom stereocenters. The fourth-order valence-electron chi connectivity index (χ4n) is 1.64. The summed E-state index contributed by atoms with van der Waals surface area (Å²) in [7, 11) is -3.33. The van der Waals surface area contributed by atoms with Gasteiger partial charge in [0.05, 0.1) is 6.29 Å². The summed E-state index contributed by atoms with van der Waals surface area (Å²) in [6, 6.07) is 9.26. The van der Waals surface area contributed by atoms with Gasteiger partial charge in [-0.3, -0.25) is 4.57 Å². The maximum absolute atomic E-state index is 11.8. The van der Waals surface area contributed by atoms with E-state index in [9.17, 15) is 14.3 Å². The van der Waals surface area contributed by atoms with E-state index in [0.29, 0.717) is 0 Å². The lowest BCUT2D eigenvalue weighted by Crippen LogP contribution is -2.26. The van der Waals surface area contributed by atoms with Crippen molar-refractivity contribution in [3.05, 3.63) is 35.9 Å². The second-order valence-corrected chi connectivity index (χ2v) is 7.31. The van der Waals surface area contributed by atoms with Gasteiger partial charge in [-0.25, -0.2) is 4.79 Å². The van der Waals surface area contributed by atoms with Crippen LogP contribution in [-0.4, -0.2) is 23.4 Å². The molecule has 112 valence electrons. The predicted octanol–water partition coefficient (Wildman–Crippen LogP) is 3.19. The van der Waals surface area contributed by atoms with Gasteiger partial charge in [0.15, 0.2) is 0 Å². The van der Waals surface area contributed by atoms with Crippen molar-refractivity contribution >= 4 is 13.5 Å². The molecule has 0 aliphatic rings. The van der Waals surface area contributed by atoms with Crippen LogP contribution >= 0.6 is 7.37 Å². The molecule has 1 amide bonds. The van der Waals surface area contributed by atoms with Crippen LogP contribution in [0.5, 0.6) is 0 Å². The van der Waals surface area contributed by atoms with Crippen LogP contribution in [0, 0.1) is 5.92 Å². The van der Waals surface area contributed by atoms with Crippen LogP contribution < -0.4 is 5.32 Å². The number of rotatable bonds is 7. The van der Waals surface area contributed by atoms with Gasteiger partial charge in [-0.2, -0.15) is 0 Å². The van der Waals surface area contributed by atoms with E-state index in [0.717, 1.165) is 12.0 Å². The Hall–Kier alpha value is -1.32. The standard InChI is InChI=1S/C14H22NO4P/c1-3-12(2)10-20(17,18)11-15-14(16)19-9-13-7-5-4-6-8-13/h4-8,12H,3,9-11H2,1-2H3,(H,15,16)(H,17,18). The van der Waals surface area contributed by atoms with Gasteiger partial charge in [0.2, 0.25) is 7.37 Å². The van der Waals surface area contributed by atoms with Gasteiger partial charge in [-0.05, 0) is 11.5 Å². The Bertz CT molecular complexity index is 464. The van der Waals surface area contributed by atoms with E-state index >= 15 is 0 Å². The highest BCUT2D eigenvalue weighted by Crippen LogP contribution is 2.41. The molecular formula is C14H22NO4P. The molecule has 2 unspecified atom stereocenters. The average Bonchev–Trinajstić information content (AvgIpc) is 2.43. The Morgan fingerprint density at radius 1 is 1.40 bits per heavy atom. The molecule has 20 heavy (non-hydrogen) atoms. The Morgan fingerprint density at radius 2 is 2.05 bits per heavy atom. The van der Waals surface area contributed by atoms with Gasteiger partial charge >= 0.3 is 6.09 Å². The summed E-state index contributed by atoms with van der Waals surface area (Å²) in [4.78, 5) is 21.2. The third-order valence-electron chi connectivity index (χ3n) is 2.98. The Kier molecular flexibility index (Phi) is 6.76. The largest absolute Gasteiger partial charge is 0.445 e. The molecule has 2 N–H and O–H groups in total. The molecule has 0 saturated heterocycles. The summed E-state index contributed by atoms with van der Waals surface area (Å²) >= 11 is 0. The highest BCUT2D eigenvalue weighted by Gasteiger charge is 2.22. The topological polar surface area (TPSA) is 75.6 Å². The molecule has 0 bridgehead atoms. The van der Waals surface area contributed by atoms with Crippen molar-refractivity contribution in [2.45, 2.75) is 26.9 Å². The zero-order valence-corrected chi connectivity index (χ0v) is 12.8. The zero-order valence-electron chi connectivity index (χ0n) is 11.9. The number of nitrogens with one attached hydrogen (secondary N) is 1. The van der Waals surface area contributed by atoms with Crippen molar-refractivity contribution in [3.63, 3.8) is 0 Å². The van der Waals surface area contributed by atoms with E-state index in [1.54, 1.807) is 0 Å². The Morgan fingerprint density at radius 3 is 2.65 bits per heavy atom. The molecule has 0 fully saturated rings. The minimum Gasteiger partial charge on any atom is -0.445 e. The van der Waals surface area contributed by atoms with Crippen LogP contribution in [0.1, 0.15) is 25.8 Å². The van der Waals surface area contributed by atoms with Crippen LogP contribution in [0.25, 0.3) is 0 Å². The molecule has 1 rings (SSSR count). The fraction of sp³-hybridized carbons (Fsp3) is 0.500. The SMILES string of the molecule is CCC(C)CP(=O)(O)CNC(=O)OCc1ccccc1. The van der Waals surface area contributed by atoms with E-state index in [4.69, 9.17) is 4.74 Å². The molecule has 0 spiro atoms. The molecule has 0 aliphatic carbocycles. The minimum atomic E-state index is -3.33. The maximum Gasteiger partial charge on any atom is 0.407 e. The Labute approximate surface area is 119 Å². The second-order valence-electron chi connectivity index (χ2n) is 4.94. The third-order valence-corrected chi connectivity index (χ3v) is 4.82. The van der Waals surface area contributed by atoms with Crippen molar-refractivity contribution in [2.75, 3.05) is 12.4 Å². The van der Waals surface area contributed by atoms with Gasteiger partial charge in [0, 0.05) is 6.16 Å². The van der Waals surface area contributed by atoms with Crippen LogP contribution in [-0.2, 0) is 15.9 Å². The molecule has 0 aliphatic heterocycles. The molecule has 5 nitrogen and oxygen atoms in total. The number of carbonyl (C=O) groups excluding carboxylic acids is 1. The monoisotopic (exact) mass is 299 g/mol. The first kappa shape index (κ1) is 16.7. The molecule has 1 aromatic carbocycles. The first-order chi connectivity index (χ1) is 9.43. The number of alkyl carbamates (subject to hydrolysis) is 1. The van der Waals surface area contributed by atoms with Crippen LogP contribution in [0.3, 0.4) is 0 Å². The van der Waals surface area contributed by atoms with Gasteiger partial charge < -0.3 is 14.9 Å². The highest BCUT2D eigenvalue weighted by atomic mass is 31.2. The van der Waals surface area contributed by atoms with Crippen molar-refractivity contribution in [1.29, 1.82) is 0 Å². The fourth-order valence-corrected chi connectivity index (χ4v) is 3.38. The van der Waals surface area contributed by atoms with Gasteiger partial charge in [0.1, 0.15) is 6.61 Å². The van der Waals surface area contributed by atoms with Crippen molar-refractivity contribution in [3.8, 4) is 0 Å². The van der Waals surface area contributed by atoms with Crippen molar-refractivity contribution < 1.29 is 19.0 Å². The van der Waals surface area contributed by atoms with Crippen LogP contribution in [0.15, 0.2) is 30.3 Å². The molecule has 0 radical (unpaired) electrons. The van der Waals surface area contributed by atoms with Crippen molar-refractivity contribution in [2.24, 2.45) is 5.92 Å². The second kappa shape index (κ2) is 8.08. The lowest BCUT2D eigenvalue weighted by Gasteiger charge is -2.16. The number of hydrogen-bond donors (Lipinski definition) is 2. The number of hydrogen-bond acceptors (Lipinski definition) is 3. The zero-order chi connectivity index (χ0) is 15.0. The number of amides is 1. The van der Waals surface area contributed by atoms with E-state index in [1.807, 2.05) is 44.2 Å². The predicted molar refractivity (Wildman–Crippen MR) is 78.8 cm³/mol. The van der Waals surface area contributed by atoms with Gasteiger partial charge in [0.25, 0.3) is 0 Å². The van der Waals surface area contributed by atoms with E-state index in [-0.39, 0.29) is 25.0 Å². The molecule has 6 heteroatoms. The summed E-state index contributed by atoms with van der Waals surface area (Å²) < 4.78 is 16.8. The molecule has 1 aromatic rings. The minimum absolute atomic E-state index is 0.147. The van der Waals surface area contributed by atoms with Crippen LogP contribution in [0.2, 0.25) is 0 Å². The van der Waals surface area contributed by atoms with Crippen LogP contribution in [0.4, 0.5) is 4.79 Å². The summed E-state index contributed by atoms with van der Waals surface area (Å²) in [5, 5.41) is 2.35. The quantitative estimate of drug-likeness (QED) is 0.758. The number of carbonyl (C=O) groups is 1. The number of benzene rings is 1. The first-order valence-corrected chi connectivity index (χ1v) is 8.71. The maximum atomic E-state index is 11.8. The highest BCUT2D eigenvalue weighted by molar-refractivity contribution is 7.57. The summed E-state index contributed by atoms with van der Waals surface area (Å²) in [5.74, 6) is 0.160. The molecule has 0 aromatic heterocycles. The molecule has 0 saturated carbocycles. The van der Waals surface area contributed by atoms with E-state index < -0.39 is 13.5 Å². The third kappa shape index (κ3) is 6.73.